The number of amides is 2. The summed E-state index contributed by atoms with van der Waals surface area (Å²) in [5, 5.41) is 17.9. The molecule has 0 aliphatic heterocycles. The molecule has 8 nitrogen and oxygen atoms in total. The molecule has 2 amide bonds. The summed E-state index contributed by atoms with van der Waals surface area (Å²) < 4.78 is 5.03. The quantitative estimate of drug-likeness (QED) is 0.438. The predicted octanol–water partition coefficient (Wildman–Crippen LogP) is 2.72. The number of thiophene rings is 2. The summed E-state index contributed by atoms with van der Waals surface area (Å²) in [6, 6.07) is 7.01. The molecule has 0 aliphatic carbocycles. The van der Waals surface area contributed by atoms with Gasteiger partial charge in [-0.15, -0.1) is 22.7 Å². The number of nitrogens with zero attached hydrogens (tertiary/aromatic N) is 1. The lowest BCUT2D eigenvalue weighted by molar-refractivity contribution is -0.153. The number of nitriles is 1. The molecule has 0 aromatic carbocycles. The van der Waals surface area contributed by atoms with Crippen molar-refractivity contribution in [3.63, 3.8) is 0 Å². The van der Waals surface area contributed by atoms with Crippen molar-refractivity contribution in [3.8, 4) is 6.07 Å². The van der Waals surface area contributed by atoms with Crippen LogP contribution in [0.2, 0.25) is 0 Å². The fraction of sp³-hybridized carbons (Fsp3) is 0.316. The molecule has 0 saturated heterocycles. The lowest BCUT2D eigenvalue weighted by Crippen LogP contribution is -2.32. The minimum Gasteiger partial charge on any atom is -0.452 e. The molecule has 152 valence electrons. The Morgan fingerprint density at radius 1 is 1.14 bits per heavy atom. The summed E-state index contributed by atoms with van der Waals surface area (Å²) in [7, 11) is 0. The lowest BCUT2D eigenvalue weighted by atomic mass is 10.2. The second-order valence-electron chi connectivity index (χ2n) is 5.90. The first-order valence-electron chi connectivity index (χ1n) is 8.72. The summed E-state index contributed by atoms with van der Waals surface area (Å²) >= 11 is 2.52. The topological polar surface area (TPSA) is 125 Å². The van der Waals surface area contributed by atoms with E-state index in [0.29, 0.717) is 15.4 Å². The Labute approximate surface area is 175 Å². The molecule has 0 saturated carbocycles. The van der Waals surface area contributed by atoms with Crippen LogP contribution in [-0.2, 0) is 19.1 Å². The number of ether oxygens (including phenoxy) is 1. The summed E-state index contributed by atoms with van der Waals surface area (Å²) in [6.07, 6.45) is -1.02. The Bertz CT molecular complexity index is 915. The van der Waals surface area contributed by atoms with Gasteiger partial charge in [0.15, 0.2) is 11.9 Å². The predicted molar refractivity (Wildman–Crippen MR) is 109 cm³/mol. The number of rotatable bonds is 10. The van der Waals surface area contributed by atoms with Crippen LogP contribution < -0.4 is 10.6 Å². The Morgan fingerprint density at radius 3 is 2.62 bits per heavy atom. The second-order valence-corrected chi connectivity index (χ2v) is 7.76. The van der Waals surface area contributed by atoms with Gasteiger partial charge in [-0.05, 0) is 29.8 Å². The number of hydrogen-bond acceptors (Lipinski definition) is 8. The fourth-order valence-corrected chi connectivity index (χ4v) is 3.63. The molecule has 0 aliphatic rings. The minimum absolute atomic E-state index is 0.0344. The maximum absolute atomic E-state index is 12.1. The van der Waals surface area contributed by atoms with Gasteiger partial charge in [-0.1, -0.05) is 6.07 Å². The van der Waals surface area contributed by atoms with Crippen LogP contribution in [0.4, 0.5) is 5.00 Å². The van der Waals surface area contributed by atoms with Crippen molar-refractivity contribution in [1.29, 1.82) is 5.26 Å². The summed E-state index contributed by atoms with van der Waals surface area (Å²) in [6.45, 7) is 1.46. The van der Waals surface area contributed by atoms with E-state index in [1.165, 1.54) is 29.6 Å². The number of anilines is 1. The molecular weight excluding hydrogens is 414 g/mol. The third kappa shape index (κ3) is 7.14. The SMILES string of the molecule is CC(OC(=O)CCNC(=O)CCC(=O)c1cccs1)C(=O)Nc1sccc1C#N. The molecule has 2 heterocycles. The standard InChI is InChI=1S/C19H19N3O5S2/c1-12(18(26)22-19-13(11-20)7-10-29-19)27-17(25)6-8-21-16(24)5-4-14(23)15-3-2-9-28-15/h2-3,7,9-10,12H,4-6,8H2,1H3,(H,21,24)(H,22,26). The zero-order valence-corrected chi connectivity index (χ0v) is 17.2. The molecule has 10 heteroatoms. The first-order chi connectivity index (χ1) is 13.9. The molecular formula is C19H19N3O5S2. The van der Waals surface area contributed by atoms with Crippen LogP contribution in [-0.4, -0.2) is 36.2 Å². The van der Waals surface area contributed by atoms with Crippen LogP contribution in [0.15, 0.2) is 29.0 Å². The van der Waals surface area contributed by atoms with Gasteiger partial charge in [0.2, 0.25) is 5.91 Å². The molecule has 1 atom stereocenters. The smallest absolute Gasteiger partial charge is 0.308 e. The van der Waals surface area contributed by atoms with Crippen LogP contribution in [0.25, 0.3) is 0 Å². The zero-order chi connectivity index (χ0) is 21.2. The molecule has 2 aromatic heterocycles. The van der Waals surface area contributed by atoms with Gasteiger partial charge in [-0.25, -0.2) is 0 Å². The summed E-state index contributed by atoms with van der Waals surface area (Å²) in [5.74, 6) is -1.63. The molecule has 2 rings (SSSR count). The molecule has 0 fully saturated rings. The van der Waals surface area contributed by atoms with Crippen LogP contribution in [0.3, 0.4) is 0 Å². The number of Topliss-reactive ketones (excluding diaryl/α,β-unsaturated/α-hetero) is 1. The van der Waals surface area contributed by atoms with Crippen molar-refractivity contribution < 1.29 is 23.9 Å². The van der Waals surface area contributed by atoms with E-state index in [9.17, 15) is 19.2 Å². The van der Waals surface area contributed by atoms with E-state index in [1.807, 2.05) is 6.07 Å². The van der Waals surface area contributed by atoms with Crippen molar-refractivity contribution in [2.75, 3.05) is 11.9 Å². The maximum atomic E-state index is 12.1. The molecule has 0 bridgehead atoms. The highest BCUT2D eigenvalue weighted by atomic mass is 32.1. The van der Waals surface area contributed by atoms with Crippen molar-refractivity contribution in [1.82, 2.24) is 5.32 Å². The Hall–Kier alpha value is -3.03. The highest BCUT2D eigenvalue weighted by molar-refractivity contribution is 7.14. The van der Waals surface area contributed by atoms with E-state index >= 15 is 0 Å². The highest BCUT2D eigenvalue weighted by Gasteiger charge is 2.19. The van der Waals surface area contributed by atoms with E-state index in [1.54, 1.807) is 29.0 Å². The molecule has 1 unspecified atom stereocenters. The maximum Gasteiger partial charge on any atom is 0.308 e. The van der Waals surface area contributed by atoms with Crippen LogP contribution in [0.1, 0.15) is 41.4 Å². The molecule has 2 N–H and O–H groups in total. The molecule has 2 aromatic rings. The largest absolute Gasteiger partial charge is 0.452 e. The molecule has 29 heavy (non-hydrogen) atoms. The first-order valence-corrected chi connectivity index (χ1v) is 10.5. The van der Waals surface area contributed by atoms with E-state index in [2.05, 4.69) is 10.6 Å². The van der Waals surface area contributed by atoms with Gasteiger partial charge < -0.3 is 15.4 Å². The van der Waals surface area contributed by atoms with Crippen LogP contribution >= 0.6 is 22.7 Å². The molecule has 0 radical (unpaired) electrons. The second kappa shape index (κ2) is 11.1. The van der Waals surface area contributed by atoms with Gasteiger partial charge in [-0.2, -0.15) is 5.26 Å². The van der Waals surface area contributed by atoms with Crippen LogP contribution in [0, 0.1) is 11.3 Å². The van der Waals surface area contributed by atoms with E-state index < -0.39 is 18.0 Å². The van der Waals surface area contributed by atoms with E-state index in [0.717, 1.165) is 0 Å². The highest BCUT2D eigenvalue weighted by Crippen LogP contribution is 2.22. The number of esters is 1. The Balaban J connectivity index is 1.64. The number of carbonyl (C=O) groups excluding carboxylic acids is 4. The van der Waals surface area contributed by atoms with Crippen molar-refractivity contribution in [3.05, 3.63) is 39.4 Å². The van der Waals surface area contributed by atoms with E-state index in [-0.39, 0.29) is 37.5 Å². The first kappa shape index (κ1) is 22.3. The number of ketones is 1. The van der Waals surface area contributed by atoms with Gasteiger partial charge in [0, 0.05) is 19.4 Å². The number of hydrogen-bond donors (Lipinski definition) is 2. The van der Waals surface area contributed by atoms with Crippen molar-refractivity contribution in [2.24, 2.45) is 0 Å². The third-order valence-corrected chi connectivity index (χ3v) is 5.47. The van der Waals surface area contributed by atoms with E-state index in [4.69, 9.17) is 10.00 Å². The zero-order valence-electron chi connectivity index (χ0n) is 15.6. The lowest BCUT2D eigenvalue weighted by Gasteiger charge is -2.13. The summed E-state index contributed by atoms with van der Waals surface area (Å²) in [5.41, 5.74) is 0.335. The average Bonchev–Trinajstić information content (AvgIpc) is 3.37. The van der Waals surface area contributed by atoms with Gasteiger partial charge in [0.05, 0.1) is 16.9 Å². The monoisotopic (exact) mass is 433 g/mol. The molecule has 0 spiro atoms. The van der Waals surface area contributed by atoms with Crippen molar-refractivity contribution >= 4 is 51.2 Å². The van der Waals surface area contributed by atoms with Crippen LogP contribution in [0.5, 0.6) is 0 Å². The fourth-order valence-electron chi connectivity index (χ4n) is 2.20. The summed E-state index contributed by atoms with van der Waals surface area (Å²) in [4.78, 5) is 48.1. The third-order valence-electron chi connectivity index (χ3n) is 3.73. The average molecular weight is 434 g/mol. The van der Waals surface area contributed by atoms with Gasteiger partial charge in [0.1, 0.15) is 11.1 Å². The number of carbonyl (C=O) groups is 4. The van der Waals surface area contributed by atoms with Gasteiger partial charge in [0.25, 0.3) is 5.91 Å². The Morgan fingerprint density at radius 2 is 1.93 bits per heavy atom. The normalized spacial score (nSPS) is 11.2. The van der Waals surface area contributed by atoms with Gasteiger partial charge >= 0.3 is 5.97 Å². The van der Waals surface area contributed by atoms with Gasteiger partial charge in [-0.3, -0.25) is 19.2 Å². The van der Waals surface area contributed by atoms with Crippen molar-refractivity contribution in [2.45, 2.75) is 32.3 Å². The number of nitrogens with one attached hydrogen (secondary N) is 2. The Kier molecular flexibility index (Phi) is 8.51. The minimum atomic E-state index is -1.05.